The van der Waals surface area contributed by atoms with Crippen LogP contribution in [0.2, 0.25) is 0 Å². The molecule has 3 unspecified atom stereocenters. The zero-order valence-corrected chi connectivity index (χ0v) is 11.9. The van der Waals surface area contributed by atoms with Crippen LogP contribution in [0.1, 0.15) is 28.9 Å². The van der Waals surface area contributed by atoms with E-state index in [0.717, 1.165) is 17.3 Å². The standard InChI is InChI=1S/C12H12BrNO3S/c13-8-3-4-18-10(8)11(15)14-6-1-2-9(14)7(5-6)12(16)17/h3-4,6-7,9H,1-2,5H2,(H,16,17). The van der Waals surface area contributed by atoms with E-state index in [1.807, 2.05) is 11.4 Å². The van der Waals surface area contributed by atoms with Crippen molar-refractivity contribution in [2.75, 3.05) is 0 Å². The molecule has 2 aliphatic heterocycles. The number of halogens is 1. The molecule has 6 heteroatoms. The van der Waals surface area contributed by atoms with Crippen LogP contribution in [0.4, 0.5) is 0 Å². The van der Waals surface area contributed by atoms with Crippen LogP contribution in [-0.2, 0) is 4.79 Å². The number of carbonyl (C=O) groups excluding carboxylic acids is 1. The van der Waals surface area contributed by atoms with Gasteiger partial charge in [0.25, 0.3) is 5.91 Å². The number of carbonyl (C=O) groups is 2. The summed E-state index contributed by atoms with van der Waals surface area (Å²) in [6.45, 7) is 0. The molecule has 0 radical (unpaired) electrons. The van der Waals surface area contributed by atoms with Gasteiger partial charge in [0, 0.05) is 16.6 Å². The number of nitrogens with zero attached hydrogens (tertiary/aromatic N) is 1. The van der Waals surface area contributed by atoms with Gasteiger partial charge < -0.3 is 10.0 Å². The smallest absolute Gasteiger partial charge is 0.308 e. The molecule has 3 heterocycles. The Labute approximate surface area is 117 Å². The quantitative estimate of drug-likeness (QED) is 0.907. The molecule has 1 amide bonds. The Kier molecular flexibility index (Phi) is 2.94. The van der Waals surface area contributed by atoms with Gasteiger partial charge in [0.15, 0.2) is 0 Å². The fourth-order valence-electron chi connectivity index (χ4n) is 3.13. The monoisotopic (exact) mass is 329 g/mol. The summed E-state index contributed by atoms with van der Waals surface area (Å²) in [5, 5.41) is 11.0. The Morgan fingerprint density at radius 2 is 2.22 bits per heavy atom. The van der Waals surface area contributed by atoms with E-state index in [4.69, 9.17) is 0 Å². The molecule has 96 valence electrons. The van der Waals surface area contributed by atoms with Crippen LogP contribution in [0.3, 0.4) is 0 Å². The van der Waals surface area contributed by atoms with Crippen LogP contribution in [0, 0.1) is 5.92 Å². The van der Waals surface area contributed by atoms with Gasteiger partial charge in [-0.05, 0) is 46.6 Å². The van der Waals surface area contributed by atoms with Gasteiger partial charge in [-0.3, -0.25) is 9.59 Å². The SMILES string of the molecule is O=C(O)C1CC2CCC1N2C(=O)c1sccc1Br. The van der Waals surface area contributed by atoms with Crippen LogP contribution in [0.5, 0.6) is 0 Å². The van der Waals surface area contributed by atoms with E-state index in [-0.39, 0.29) is 23.9 Å². The molecule has 1 N–H and O–H groups in total. The molecule has 0 aromatic carbocycles. The molecular formula is C12H12BrNO3S. The van der Waals surface area contributed by atoms with Gasteiger partial charge >= 0.3 is 5.97 Å². The fourth-order valence-corrected chi connectivity index (χ4v) is 4.62. The van der Waals surface area contributed by atoms with Crippen LogP contribution < -0.4 is 0 Å². The van der Waals surface area contributed by atoms with Crippen LogP contribution in [0.15, 0.2) is 15.9 Å². The van der Waals surface area contributed by atoms with Gasteiger partial charge in [-0.1, -0.05) is 0 Å². The Hall–Kier alpha value is -0.880. The highest BCUT2D eigenvalue weighted by atomic mass is 79.9. The number of aliphatic carboxylic acids is 1. The second-order valence-electron chi connectivity index (χ2n) is 4.79. The van der Waals surface area contributed by atoms with Crippen LogP contribution in [0.25, 0.3) is 0 Å². The molecule has 0 saturated carbocycles. The van der Waals surface area contributed by atoms with E-state index in [9.17, 15) is 14.7 Å². The van der Waals surface area contributed by atoms with Crippen LogP contribution >= 0.6 is 27.3 Å². The molecule has 2 bridgehead atoms. The molecule has 0 aliphatic carbocycles. The van der Waals surface area contributed by atoms with Crippen molar-refractivity contribution in [1.82, 2.24) is 4.90 Å². The molecule has 3 rings (SSSR count). The third-order valence-electron chi connectivity index (χ3n) is 3.90. The lowest BCUT2D eigenvalue weighted by molar-refractivity contribution is -0.142. The maximum absolute atomic E-state index is 12.5. The lowest BCUT2D eigenvalue weighted by atomic mass is 9.89. The second-order valence-corrected chi connectivity index (χ2v) is 6.56. The topological polar surface area (TPSA) is 57.6 Å². The summed E-state index contributed by atoms with van der Waals surface area (Å²) in [5.74, 6) is -1.18. The Morgan fingerprint density at radius 1 is 1.44 bits per heavy atom. The average Bonchev–Trinajstić information content (AvgIpc) is 3.01. The van der Waals surface area contributed by atoms with E-state index in [1.54, 1.807) is 4.90 Å². The summed E-state index contributed by atoms with van der Waals surface area (Å²) in [5.41, 5.74) is 0. The summed E-state index contributed by atoms with van der Waals surface area (Å²) in [7, 11) is 0. The van der Waals surface area contributed by atoms with Crippen molar-refractivity contribution in [3.63, 3.8) is 0 Å². The van der Waals surface area contributed by atoms with Gasteiger partial charge in [0.1, 0.15) is 4.88 Å². The highest BCUT2D eigenvalue weighted by molar-refractivity contribution is 9.10. The minimum absolute atomic E-state index is 0.0203. The molecular weight excluding hydrogens is 318 g/mol. The first-order valence-electron chi connectivity index (χ1n) is 5.88. The lowest BCUT2D eigenvalue weighted by Crippen LogP contribution is -2.37. The summed E-state index contributed by atoms with van der Waals surface area (Å²) in [4.78, 5) is 26.1. The predicted molar refractivity (Wildman–Crippen MR) is 70.7 cm³/mol. The summed E-state index contributed by atoms with van der Waals surface area (Å²) < 4.78 is 0.802. The number of thiophene rings is 1. The normalized spacial score (nSPS) is 29.8. The summed E-state index contributed by atoms with van der Waals surface area (Å²) >= 11 is 4.77. The van der Waals surface area contributed by atoms with E-state index < -0.39 is 5.97 Å². The van der Waals surface area contributed by atoms with E-state index >= 15 is 0 Å². The summed E-state index contributed by atoms with van der Waals surface area (Å²) in [6, 6.07) is 1.84. The number of carboxylic acids is 1. The van der Waals surface area contributed by atoms with Gasteiger partial charge in [-0.15, -0.1) is 11.3 Å². The highest BCUT2D eigenvalue weighted by Crippen LogP contribution is 2.43. The van der Waals surface area contributed by atoms with Crippen molar-refractivity contribution in [1.29, 1.82) is 0 Å². The highest BCUT2D eigenvalue weighted by Gasteiger charge is 2.51. The molecule has 1 aromatic rings. The molecule has 18 heavy (non-hydrogen) atoms. The third-order valence-corrected chi connectivity index (χ3v) is 5.73. The number of hydrogen-bond acceptors (Lipinski definition) is 3. The second kappa shape index (κ2) is 4.35. The number of amides is 1. The van der Waals surface area contributed by atoms with Crippen molar-refractivity contribution in [3.8, 4) is 0 Å². The Bertz CT molecular complexity index is 515. The van der Waals surface area contributed by atoms with Crippen molar-refractivity contribution in [2.24, 2.45) is 5.92 Å². The molecule has 2 saturated heterocycles. The van der Waals surface area contributed by atoms with E-state index in [0.29, 0.717) is 11.3 Å². The first-order valence-corrected chi connectivity index (χ1v) is 7.55. The third kappa shape index (κ3) is 1.70. The average molecular weight is 330 g/mol. The first-order chi connectivity index (χ1) is 8.59. The Morgan fingerprint density at radius 3 is 2.78 bits per heavy atom. The van der Waals surface area contributed by atoms with Crippen molar-refractivity contribution in [2.45, 2.75) is 31.3 Å². The predicted octanol–water partition coefficient (Wildman–Crippen LogP) is 2.59. The molecule has 3 atom stereocenters. The van der Waals surface area contributed by atoms with Crippen molar-refractivity contribution in [3.05, 3.63) is 20.8 Å². The molecule has 2 fully saturated rings. The molecule has 4 nitrogen and oxygen atoms in total. The van der Waals surface area contributed by atoms with Gasteiger partial charge in [0.05, 0.1) is 5.92 Å². The molecule has 1 aromatic heterocycles. The summed E-state index contributed by atoms with van der Waals surface area (Å²) in [6.07, 6.45) is 2.36. The lowest BCUT2D eigenvalue weighted by Gasteiger charge is -2.22. The largest absolute Gasteiger partial charge is 0.481 e. The minimum atomic E-state index is -0.773. The minimum Gasteiger partial charge on any atom is -0.481 e. The maximum atomic E-state index is 12.5. The van der Waals surface area contributed by atoms with Crippen LogP contribution in [-0.4, -0.2) is 34.0 Å². The van der Waals surface area contributed by atoms with Crippen molar-refractivity contribution < 1.29 is 14.7 Å². The number of carboxylic acid groups (broad SMARTS) is 1. The van der Waals surface area contributed by atoms with E-state index in [2.05, 4.69) is 15.9 Å². The molecule has 0 spiro atoms. The van der Waals surface area contributed by atoms with Gasteiger partial charge in [-0.2, -0.15) is 0 Å². The van der Waals surface area contributed by atoms with E-state index in [1.165, 1.54) is 11.3 Å². The van der Waals surface area contributed by atoms with Gasteiger partial charge in [0.2, 0.25) is 0 Å². The number of hydrogen-bond donors (Lipinski definition) is 1. The van der Waals surface area contributed by atoms with Gasteiger partial charge in [-0.25, -0.2) is 0 Å². The zero-order chi connectivity index (χ0) is 12.9. The first kappa shape index (κ1) is 12.2. The Balaban J connectivity index is 1.88. The number of fused-ring (bicyclic) bond motifs is 2. The maximum Gasteiger partial charge on any atom is 0.308 e. The fraction of sp³-hybridized carbons (Fsp3) is 0.500. The zero-order valence-electron chi connectivity index (χ0n) is 9.51. The van der Waals surface area contributed by atoms with Crippen molar-refractivity contribution >= 4 is 39.1 Å². The number of rotatable bonds is 2. The molecule has 2 aliphatic rings.